The maximum atomic E-state index is 12.9. The molecule has 0 saturated carbocycles. The van der Waals surface area contributed by atoms with Crippen LogP contribution in [0.25, 0.3) is 0 Å². The molecule has 1 saturated heterocycles. The molecule has 0 unspecified atom stereocenters. The summed E-state index contributed by atoms with van der Waals surface area (Å²) in [5, 5.41) is 3.11. The zero-order chi connectivity index (χ0) is 12.5. The van der Waals surface area contributed by atoms with E-state index in [1.165, 1.54) is 12.1 Å². The van der Waals surface area contributed by atoms with Gasteiger partial charge in [0.15, 0.2) is 0 Å². The number of hydrogen-bond donors (Lipinski definition) is 2. The Morgan fingerprint density at radius 1 is 1.18 bits per heavy atom. The van der Waals surface area contributed by atoms with Crippen molar-refractivity contribution in [3.8, 4) is 0 Å². The Kier molecular flexibility index (Phi) is 3.15. The highest BCUT2D eigenvalue weighted by molar-refractivity contribution is 5.61. The number of rotatable bonds is 1. The summed E-state index contributed by atoms with van der Waals surface area (Å²) >= 11 is 0. The lowest BCUT2D eigenvalue weighted by atomic mass is 10.1. The zero-order valence-electron chi connectivity index (χ0n) is 9.22. The number of nitrogen functional groups attached to an aromatic ring is 1. The summed E-state index contributed by atoms with van der Waals surface area (Å²) in [6.07, 6.45) is -4.37. The number of nitrogens with two attached hydrogens (primary N) is 1. The highest BCUT2D eigenvalue weighted by atomic mass is 19.4. The van der Waals surface area contributed by atoms with E-state index >= 15 is 0 Å². The van der Waals surface area contributed by atoms with E-state index in [-0.39, 0.29) is 11.4 Å². The van der Waals surface area contributed by atoms with Crippen LogP contribution in [-0.4, -0.2) is 26.2 Å². The second-order valence-corrected chi connectivity index (χ2v) is 4.01. The van der Waals surface area contributed by atoms with E-state index in [0.29, 0.717) is 26.2 Å². The SMILES string of the molecule is Nc1ccc(N2CCNCC2)c(C(F)(F)F)c1. The van der Waals surface area contributed by atoms with Gasteiger partial charge in [-0.15, -0.1) is 0 Å². The van der Waals surface area contributed by atoms with Gasteiger partial charge in [-0.2, -0.15) is 13.2 Å². The van der Waals surface area contributed by atoms with Crippen LogP contribution < -0.4 is 16.0 Å². The van der Waals surface area contributed by atoms with Crippen molar-refractivity contribution in [3.63, 3.8) is 0 Å². The predicted molar refractivity (Wildman–Crippen MR) is 60.9 cm³/mol. The molecule has 0 spiro atoms. The maximum Gasteiger partial charge on any atom is 0.418 e. The molecule has 2 rings (SSSR count). The fourth-order valence-electron chi connectivity index (χ4n) is 1.96. The van der Waals surface area contributed by atoms with Gasteiger partial charge in [-0.1, -0.05) is 0 Å². The van der Waals surface area contributed by atoms with Gasteiger partial charge >= 0.3 is 6.18 Å². The monoisotopic (exact) mass is 245 g/mol. The molecular weight excluding hydrogens is 231 g/mol. The molecule has 3 nitrogen and oxygen atoms in total. The van der Waals surface area contributed by atoms with Gasteiger partial charge < -0.3 is 16.0 Å². The summed E-state index contributed by atoms with van der Waals surface area (Å²) in [4.78, 5) is 1.73. The van der Waals surface area contributed by atoms with Gasteiger partial charge in [-0.05, 0) is 18.2 Å². The predicted octanol–water partition coefficient (Wildman–Crippen LogP) is 1.70. The lowest BCUT2D eigenvalue weighted by Gasteiger charge is -2.31. The van der Waals surface area contributed by atoms with E-state index in [9.17, 15) is 13.2 Å². The van der Waals surface area contributed by atoms with E-state index in [2.05, 4.69) is 5.32 Å². The first-order chi connectivity index (χ1) is 7.98. The number of halogens is 3. The van der Waals surface area contributed by atoms with Gasteiger partial charge in [0.25, 0.3) is 0 Å². The first kappa shape index (κ1) is 12.0. The van der Waals surface area contributed by atoms with E-state index < -0.39 is 11.7 Å². The molecule has 0 amide bonds. The molecule has 3 N–H and O–H groups in total. The Morgan fingerprint density at radius 3 is 2.41 bits per heavy atom. The van der Waals surface area contributed by atoms with Crippen LogP contribution in [0.15, 0.2) is 18.2 Å². The second-order valence-electron chi connectivity index (χ2n) is 4.01. The zero-order valence-corrected chi connectivity index (χ0v) is 9.22. The van der Waals surface area contributed by atoms with Gasteiger partial charge in [0.1, 0.15) is 0 Å². The Balaban J connectivity index is 2.38. The third-order valence-corrected chi connectivity index (χ3v) is 2.78. The minimum Gasteiger partial charge on any atom is -0.399 e. The number of alkyl halides is 3. The summed E-state index contributed by atoms with van der Waals surface area (Å²) in [6, 6.07) is 3.95. The lowest BCUT2D eigenvalue weighted by Crippen LogP contribution is -2.44. The quantitative estimate of drug-likeness (QED) is 0.740. The Labute approximate surface area is 97.4 Å². The molecule has 0 aromatic heterocycles. The van der Waals surface area contributed by atoms with Crippen molar-refractivity contribution in [1.29, 1.82) is 0 Å². The van der Waals surface area contributed by atoms with Crippen LogP contribution in [-0.2, 0) is 6.18 Å². The van der Waals surface area contributed by atoms with Crippen molar-refractivity contribution >= 4 is 11.4 Å². The van der Waals surface area contributed by atoms with Crippen molar-refractivity contribution in [2.75, 3.05) is 36.8 Å². The Bertz CT molecular complexity index is 397. The standard InChI is InChI=1S/C11H14F3N3/c12-11(13,14)9-7-8(15)1-2-10(9)17-5-3-16-4-6-17/h1-2,7,16H,3-6,15H2. The third kappa shape index (κ3) is 2.63. The topological polar surface area (TPSA) is 41.3 Å². The van der Waals surface area contributed by atoms with Crippen LogP contribution in [0.5, 0.6) is 0 Å². The van der Waals surface area contributed by atoms with Gasteiger partial charge in [0, 0.05) is 37.6 Å². The first-order valence-electron chi connectivity index (χ1n) is 5.41. The van der Waals surface area contributed by atoms with Crippen LogP contribution in [0.2, 0.25) is 0 Å². The lowest BCUT2D eigenvalue weighted by molar-refractivity contribution is -0.137. The molecule has 0 bridgehead atoms. The minimum atomic E-state index is -4.37. The van der Waals surface area contributed by atoms with Crippen molar-refractivity contribution in [2.24, 2.45) is 0 Å². The molecule has 1 aliphatic rings. The number of anilines is 2. The van der Waals surface area contributed by atoms with Crippen LogP contribution >= 0.6 is 0 Å². The number of hydrogen-bond acceptors (Lipinski definition) is 3. The average molecular weight is 245 g/mol. The molecule has 1 heterocycles. The van der Waals surface area contributed by atoms with Gasteiger partial charge in [-0.25, -0.2) is 0 Å². The van der Waals surface area contributed by atoms with Gasteiger partial charge in [-0.3, -0.25) is 0 Å². The maximum absolute atomic E-state index is 12.9. The molecule has 0 aliphatic carbocycles. The molecule has 1 aromatic carbocycles. The largest absolute Gasteiger partial charge is 0.418 e. The highest BCUT2D eigenvalue weighted by Crippen LogP contribution is 2.37. The van der Waals surface area contributed by atoms with E-state index in [1.807, 2.05) is 0 Å². The van der Waals surface area contributed by atoms with E-state index in [0.717, 1.165) is 6.07 Å². The molecule has 1 aliphatic heterocycles. The van der Waals surface area contributed by atoms with Crippen molar-refractivity contribution in [2.45, 2.75) is 6.18 Å². The van der Waals surface area contributed by atoms with Crippen LogP contribution in [0.3, 0.4) is 0 Å². The summed E-state index contributed by atoms with van der Waals surface area (Å²) in [7, 11) is 0. The van der Waals surface area contributed by atoms with Gasteiger partial charge in [0.05, 0.1) is 5.56 Å². The smallest absolute Gasteiger partial charge is 0.399 e. The molecule has 0 atom stereocenters. The fraction of sp³-hybridized carbons (Fsp3) is 0.455. The first-order valence-corrected chi connectivity index (χ1v) is 5.41. The summed E-state index contributed by atoms with van der Waals surface area (Å²) in [5.74, 6) is 0. The Morgan fingerprint density at radius 2 is 1.82 bits per heavy atom. The number of nitrogens with one attached hydrogen (secondary N) is 1. The second kappa shape index (κ2) is 4.44. The number of piperazine rings is 1. The normalized spacial score (nSPS) is 17.2. The van der Waals surface area contributed by atoms with Crippen molar-refractivity contribution in [3.05, 3.63) is 23.8 Å². The minimum absolute atomic E-state index is 0.135. The number of benzene rings is 1. The van der Waals surface area contributed by atoms with Crippen LogP contribution in [0.4, 0.5) is 24.5 Å². The van der Waals surface area contributed by atoms with Crippen molar-refractivity contribution in [1.82, 2.24) is 5.32 Å². The van der Waals surface area contributed by atoms with Crippen LogP contribution in [0.1, 0.15) is 5.56 Å². The molecule has 0 radical (unpaired) electrons. The van der Waals surface area contributed by atoms with E-state index in [4.69, 9.17) is 5.73 Å². The van der Waals surface area contributed by atoms with Gasteiger partial charge in [0.2, 0.25) is 0 Å². The molecule has 6 heteroatoms. The molecule has 17 heavy (non-hydrogen) atoms. The van der Waals surface area contributed by atoms with Crippen molar-refractivity contribution < 1.29 is 13.2 Å². The molecule has 1 aromatic rings. The summed E-state index contributed by atoms with van der Waals surface area (Å²) in [6.45, 7) is 2.54. The average Bonchev–Trinajstić information content (AvgIpc) is 2.29. The van der Waals surface area contributed by atoms with Crippen LogP contribution in [0, 0.1) is 0 Å². The third-order valence-electron chi connectivity index (χ3n) is 2.78. The molecule has 94 valence electrons. The number of nitrogens with zero attached hydrogens (tertiary/aromatic N) is 1. The highest BCUT2D eigenvalue weighted by Gasteiger charge is 2.35. The summed E-state index contributed by atoms with van der Waals surface area (Å²) in [5.41, 5.74) is 5.12. The van der Waals surface area contributed by atoms with E-state index in [1.54, 1.807) is 4.90 Å². The molecule has 1 fully saturated rings. The summed E-state index contributed by atoms with van der Waals surface area (Å²) < 4.78 is 38.7. The fourth-order valence-corrected chi connectivity index (χ4v) is 1.96. The molecular formula is C11H14F3N3. The Hall–Kier alpha value is -1.43.